The average molecular weight is 637 g/mol. The summed E-state index contributed by atoms with van der Waals surface area (Å²) >= 11 is 0. The minimum Gasteiger partial charge on any atom is -0.455 e. The summed E-state index contributed by atoms with van der Waals surface area (Å²) in [4.78, 5) is 10.3. The van der Waals surface area contributed by atoms with Crippen molar-refractivity contribution in [3.05, 3.63) is 192 Å². The van der Waals surface area contributed by atoms with Gasteiger partial charge in [0.05, 0.1) is 16.8 Å². The zero-order valence-corrected chi connectivity index (χ0v) is 27.0. The highest BCUT2D eigenvalue weighted by Crippen LogP contribution is 2.64. The van der Waals surface area contributed by atoms with Crippen LogP contribution in [-0.4, -0.2) is 9.97 Å². The highest BCUT2D eigenvalue weighted by atomic mass is 16.3. The number of hydrogen-bond acceptors (Lipinski definition) is 3. The van der Waals surface area contributed by atoms with E-state index in [1.807, 2.05) is 30.3 Å². The molecule has 3 nitrogen and oxygen atoms in total. The Morgan fingerprint density at radius 3 is 1.72 bits per heavy atom. The van der Waals surface area contributed by atoms with E-state index in [-0.39, 0.29) is 0 Å². The van der Waals surface area contributed by atoms with E-state index in [4.69, 9.17) is 14.4 Å². The molecule has 0 radical (unpaired) electrons. The predicted molar refractivity (Wildman–Crippen MR) is 202 cm³/mol. The van der Waals surface area contributed by atoms with E-state index in [0.29, 0.717) is 5.82 Å². The molecule has 232 valence electrons. The molecule has 50 heavy (non-hydrogen) atoms. The molecule has 2 heterocycles. The van der Waals surface area contributed by atoms with Gasteiger partial charge in [0.15, 0.2) is 5.82 Å². The van der Waals surface area contributed by atoms with Gasteiger partial charge in [-0.15, -0.1) is 0 Å². The Hall–Kier alpha value is -6.58. The van der Waals surface area contributed by atoms with Crippen molar-refractivity contribution in [2.45, 2.75) is 5.41 Å². The van der Waals surface area contributed by atoms with Crippen LogP contribution in [0.15, 0.2) is 174 Å². The van der Waals surface area contributed by atoms with Gasteiger partial charge in [0.1, 0.15) is 11.2 Å². The number of nitrogens with zero attached hydrogens (tertiary/aromatic N) is 2. The van der Waals surface area contributed by atoms with Gasteiger partial charge < -0.3 is 4.42 Å². The fraction of sp³-hybridized carbons (Fsp3) is 0.0213. The van der Waals surface area contributed by atoms with Crippen LogP contribution in [-0.2, 0) is 5.41 Å². The van der Waals surface area contributed by atoms with Crippen LogP contribution in [0, 0.1) is 0 Å². The molecular weight excluding hydrogens is 609 g/mol. The maximum atomic E-state index is 6.80. The first-order valence-electron chi connectivity index (χ1n) is 17.1. The molecular formula is C47H28N2O. The molecule has 0 amide bonds. The molecule has 0 aliphatic heterocycles. The molecule has 0 N–H and O–H groups in total. The Balaban J connectivity index is 1.23. The van der Waals surface area contributed by atoms with Gasteiger partial charge in [0.2, 0.25) is 0 Å². The number of aromatic nitrogens is 2. The summed E-state index contributed by atoms with van der Waals surface area (Å²) in [5, 5.41) is 2.26. The summed E-state index contributed by atoms with van der Waals surface area (Å²) in [7, 11) is 0. The fourth-order valence-electron chi connectivity index (χ4n) is 8.63. The molecule has 1 spiro atoms. The molecule has 0 bridgehead atoms. The molecule has 2 aliphatic carbocycles. The van der Waals surface area contributed by atoms with Gasteiger partial charge >= 0.3 is 0 Å². The highest BCUT2D eigenvalue weighted by molar-refractivity contribution is 6.13. The lowest BCUT2D eigenvalue weighted by Crippen LogP contribution is -2.25. The molecule has 0 saturated heterocycles. The molecule has 0 fully saturated rings. The Morgan fingerprint density at radius 2 is 0.980 bits per heavy atom. The molecule has 7 aromatic carbocycles. The number of hydrogen-bond donors (Lipinski definition) is 0. The molecule has 2 aromatic heterocycles. The van der Waals surface area contributed by atoms with Crippen molar-refractivity contribution in [2.24, 2.45) is 0 Å². The summed E-state index contributed by atoms with van der Waals surface area (Å²) in [6, 6.07) is 60.5. The lowest BCUT2D eigenvalue weighted by molar-refractivity contribution is 0.669. The number of rotatable bonds is 3. The van der Waals surface area contributed by atoms with Crippen molar-refractivity contribution in [3.63, 3.8) is 0 Å². The van der Waals surface area contributed by atoms with Gasteiger partial charge in [0.25, 0.3) is 0 Å². The van der Waals surface area contributed by atoms with Crippen LogP contribution < -0.4 is 0 Å². The van der Waals surface area contributed by atoms with Gasteiger partial charge in [-0.3, -0.25) is 0 Å². The third kappa shape index (κ3) is 3.64. The first kappa shape index (κ1) is 27.4. The summed E-state index contributed by atoms with van der Waals surface area (Å²) < 4.78 is 6.80. The Bertz CT molecular complexity index is 2710. The maximum absolute atomic E-state index is 6.80. The quantitative estimate of drug-likeness (QED) is 0.194. The number of para-hydroxylation sites is 1. The van der Waals surface area contributed by atoms with Gasteiger partial charge in [-0.05, 0) is 57.1 Å². The van der Waals surface area contributed by atoms with Crippen LogP contribution in [0.3, 0.4) is 0 Å². The van der Waals surface area contributed by atoms with Gasteiger partial charge in [-0.25, -0.2) is 9.97 Å². The van der Waals surface area contributed by atoms with Gasteiger partial charge in [-0.1, -0.05) is 152 Å². The minimum absolute atomic E-state index is 0.473. The Labute approximate surface area is 289 Å². The van der Waals surface area contributed by atoms with Crippen molar-refractivity contribution in [1.82, 2.24) is 9.97 Å². The van der Waals surface area contributed by atoms with E-state index in [0.717, 1.165) is 55.6 Å². The average Bonchev–Trinajstić information content (AvgIpc) is 3.82. The van der Waals surface area contributed by atoms with Crippen LogP contribution >= 0.6 is 0 Å². The zero-order chi connectivity index (χ0) is 32.8. The molecule has 3 heteroatoms. The standard InChI is InChI=1S/C47H28N2O/c1-3-13-29(14-4-1)41-28-42(49-46(48-41)30-15-5-2-6-16-30)31-23-25-39-36(27-31)44-40(26-24-35-34-19-9-12-22-43(34)50-45(35)44)47(39)37-20-10-7-17-32(37)33-18-8-11-21-38(33)47/h1-28H. The van der Waals surface area contributed by atoms with Crippen molar-refractivity contribution in [3.8, 4) is 56.2 Å². The van der Waals surface area contributed by atoms with Crippen LogP contribution in [0.1, 0.15) is 22.3 Å². The van der Waals surface area contributed by atoms with E-state index >= 15 is 0 Å². The number of furan rings is 1. The van der Waals surface area contributed by atoms with Gasteiger partial charge in [0, 0.05) is 33.0 Å². The maximum Gasteiger partial charge on any atom is 0.160 e. The molecule has 0 unspecified atom stereocenters. The molecule has 2 aliphatic rings. The summed E-state index contributed by atoms with van der Waals surface area (Å²) in [6.45, 7) is 0. The van der Waals surface area contributed by atoms with Crippen molar-refractivity contribution >= 4 is 21.9 Å². The molecule has 0 atom stereocenters. The second-order valence-corrected chi connectivity index (χ2v) is 13.3. The molecule has 0 saturated carbocycles. The summed E-state index contributed by atoms with van der Waals surface area (Å²) in [5.41, 5.74) is 16.3. The third-order valence-electron chi connectivity index (χ3n) is 10.7. The monoisotopic (exact) mass is 636 g/mol. The van der Waals surface area contributed by atoms with Crippen LogP contribution in [0.25, 0.3) is 78.1 Å². The number of benzene rings is 7. The van der Waals surface area contributed by atoms with E-state index in [2.05, 4.69) is 140 Å². The topological polar surface area (TPSA) is 38.9 Å². The van der Waals surface area contributed by atoms with E-state index in [1.165, 1.54) is 38.9 Å². The Kier molecular flexibility index (Phi) is 5.59. The largest absolute Gasteiger partial charge is 0.455 e. The summed E-state index contributed by atoms with van der Waals surface area (Å²) in [6.07, 6.45) is 0. The minimum atomic E-state index is -0.473. The van der Waals surface area contributed by atoms with Crippen molar-refractivity contribution in [1.29, 1.82) is 0 Å². The highest BCUT2D eigenvalue weighted by Gasteiger charge is 2.52. The van der Waals surface area contributed by atoms with E-state index < -0.39 is 5.41 Å². The smallest absolute Gasteiger partial charge is 0.160 e. The number of fused-ring (bicyclic) bond motifs is 14. The first-order valence-corrected chi connectivity index (χ1v) is 17.1. The lowest BCUT2D eigenvalue weighted by Gasteiger charge is -2.30. The van der Waals surface area contributed by atoms with Crippen molar-refractivity contribution < 1.29 is 4.42 Å². The lowest BCUT2D eigenvalue weighted by atomic mass is 9.70. The van der Waals surface area contributed by atoms with Crippen LogP contribution in [0.2, 0.25) is 0 Å². The van der Waals surface area contributed by atoms with E-state index in [1.54, 1.807) is 0 Å². The fourth-order valence-corrected chi connectivity index (χ4v) is 8.63. The predicted octanol–water partition coefficient (Wildman–Crippen LogP) is 11.7. The van der Waals surface area contributed by atoms with E-state index in [9.17, 15) is 0 Å². The molecule has 11 rings (SSSR count). The third-order valence-corrected chi connectivity index (χ3v) is 10.7. The van der Waals surface area contributed by atoms with Crippen LogP contribution in [0.5, 0.6) is 0 Å². The second kappa shape index (κ2) is 10.2. The summed E-state index contributed by atoms with van der Waals surface area (Å²) in [5.74, 6) is 0.706. The van der Waals surface area contributed by atoms with Crippen LogP contribution in [0.4, 0.5) is 0 Å². The van der Waals surface area contributed by atoms with Gasteiger partial charge in [-0.2, -0.15) is 0 Å². The zero-order valence-electron chi connectivity index (χ0n) is 27.0. The van der Waals surface area contributed by atoms with Crippen molar-refractivity contribution in [2.75, 3.05) is 0 Å². The molecule has 9 aromatic rings. The second-order valence-electron chi connectivity index (χ2n) is 13.3. The normalized spacial score (nSPS) is 13.4. The first-order chi connectivity index (χ1) is 24.8. The SMILES string of the molecule is c1ccc(-c2cc(-c3ccc4c(c3)-c3c(ccc5c3oc3ccccc35)C43c4ccccc4-c4ccccc43)nc(-c3ccccc3)n2)cc1. The Morgan fingerprint density at radius 1 is 0.400 bits per heavy atom.